The largest absolute Gasteiger partial charge is 0.367 e. The Bertz CT molecular complexity index is 359. The van der Waals surface area contributed by atoms with Crippen LogP contribution in [0.4, 0.5) is 5.82 Å². The first-order valence-corrected chi connectivity index (χ1v) is 5.35. The Labute approximate surface area is 89.1 Å². The van der Waals surface area contributed by atoms with Crippen molar-refractivity contribution in [3.8, 4) is 0 Å². The highest BCUT2D eigenvalue weighted by molar-refractivity contribution is 5.81. The molecule has 0 aliphatic heterocycles. The van der Waals surface area contributed by atoms with Gasteiger partial charge in [0.2, 0.25) is 0 Å². The van der Waals surface area contributed by atoms with Gasteiger partial charge in [0.25, 0.3) is 0 Å². The van der Waals surface area contributed by atoms with Crippen molar-refractivity contribution in [2.75, 3.05) is 5.32 Å². The summed E-state index contributed by atoms with van der Waals surface area (Å²) in [6.07, 6.45) is 7.24. The second-order valence-electron chi connectivity index (χ2n) is 3.96. The third kappa shape index (κ3) is 2.32. The zero-order valence-corrected chi connectivity index (χ0v) is 8.86. The Morgan fingerprint density at radius 3 is 2.87 bits per heavy atom. The lowest BCUT2D eigenvalue weighted by Gasteiger charge is -2.13. The Kier molecular flexibility index (Phi) is 2.94. The minimum Gasteiger partial charge on any atom is -0.367 e. The monoisotopic (exact) mass is 205 g/mol. The molecular weight excluding hydrogens is 190 g/mol. The van der Waals surface area contributed by atoms with Crippen molar-refractivity contribution in [1.29, 1.82) is 0 Å². The maximum Gasteiger partial charge on any atom is 0.155 e. The third-order valence-corrected chi connectivity index (χ3v) is 2.76. The van der Waals surface area contributed by atoms with Crippen molar-refractivity contribution in [1.82, 2.24) is 9.97 Å². The third-order valence-electron chi connectivity index (χ3n) is 2.76. The van der Waals surface area contributed by atoms with Crippen LogP contribution >= 0.6 is 0 Å². The highest BCUT2D eigenvalue weighted by atomic mass is 16.1. The molecule has 0 unspecified atom stereocenters. The molecule has 1 aliphatic carbocycles. The zero-order valence-electron chi connectivity index (χ0n) is 8.86. The van der Waals surface area contributed by atoms with Crippen LogP contribution in [-0.2, 0) is 0 Å². The average Bonchev–Trinajstić information content (AvgIpc) is 2.71. The molecule has 0 spiro atoms. The lowest BCUT2D eigenvalue weighted by atomic mass is 10.2. The summed E-state index contributed by atoms with van der Waals surface area (Å²) in [7, 11) is 0. The van der Waals surface area contributed by atoms with Crippen LogP contribution in [0.3, 0.4) is 0 Å². The van der Waals surface area contributed by atoms with E-state index in [4.69, 9.17) is 0 Å². The van der Waals surface area contributed by atoms with Crippen LogP contribution in [0.15, 0.2) is 6.20 Å². The molecule has 2 rings (SSSR count). The van der Waals surface area contributed by atoms with Gasteiger partial charge < -0.3 is 5.32 Å². The average molecular weight is 205 g/mol. The van der Waals surface area contributed by atoms with Crippen molar-refractivity contribution in [2.45, 2.75) is 38.6 Å². The van der Waals surface area contributed by atoms with Gasteiger partial charge in [-0.15, -0.1) is 0 Å². The van der Waals surface area contributed by atoms with Gasteiger partial charge in [-0.05, 0) is 19.8 Å². The molecule has 1 heterocycles. The first-order chi connectivity index (χ1) is 7.29. The SMILES string of the molecule is Cc1ncc(C=O)c(NC2CCCC2)n1. The maximum atomic E-state index is 10.8. The summed E-state index contributed by atoms with van der Waals surface area (Å²) in [5.74, 6) is 1.38. The Balaban J connectivity index is 2.17. The van der Waals surface area contributed by atoms with Gasteiger partial charge in [0.05, 0.1) is 5.56 Å². The van der Waals surface area contributed by atoms with E-state index in [1.54, 1.807) is 6.20 Å². The molecule has 0 amide bonds. The summed E-state index contributed by atoms with van der Waals surface area (Å²) in [5, 5.41) is 3.32. The molecule has 1 saturated carbocycles. The first kappa shape index (κ1) is 10.1. The first-order valence-electron chi connectivity index (χ1n) is 5.35. The van der Waals surface area contributed by atoms with Gasteiger partial charge in [-0.3, -0.25) is 4.79 Å². The summed E-state index contributed by atoms with van der Waals surface area (Å²) >= 11 is 0. The molecule has 4 nitrogen and oxygen atoms in total. The minimum absolute atomic E-state index is 0.470. The maximum absolute atomic E-state index is 10.8. The summed E-state index contributed by atoms with van der Waals surface area (Å²) < 4.78 is 0. The smallest absolute Gasteiger partial charge is 0.155 e. The number of nitrogens with one attached hydrogen (secondary N) is 1. The highest BCUT2D eigenvalue weighted by Crippen LogP contribution is 2.22. The number of aromatic nitrogens is 2. The minimum atomic E-state index is 0.470. The number of aldehydes is 1. The highest BCUT2D eigenvalue weighted by Gasteiger charge is 2.16. The Morgan fingerprint density at radius 2 is 2.20 bits per heavy atom. The van der Waals surface area contributed by atoms with E-state index in [1.165, 1.54) is 25.7 Å². The molecule has 1 aromatic heterocycles. The lowest BCUT2D eigenvalue weighted by Crippen LogP contribution is -2.17. The molecular formula is C11H15N3O. The van der Waals surface area contributed by atoms with Crippen molar-refractivity contribution < 1.29 is 4.79 Å². The number of carbonyl (C=O) groups is 1. The molecule has 0 bridgehead atoms. The number of nitrogens with zero attached hydrogens (tertiary/aromatic N) is 2. The van der Waals surface area contributed by atoms with E-state index in [0.717, 1.165) is 6.29 Å². The Morgan fingerprint density at radius 1 is 1.47 bits per heavy atom. The molecule has 0 aromatic carbocycles. The van der Waals surface area contributed by atoms with Gasteiger partial charge >= 0.3 is 0 Å². The van der Waals surface area contributed by atoms with Crippen LogP contribution in [0.5, 0.6) is 0 Å². The van der Waals surface area contributed by atoms with Crippen molar-refractivity contribution in [3.05, 3.63) is 17.6 Å². The topological polar surface area (TPSA) is 54.9 Å². The van der Waals surface area contributed by atoms with E-state index in [9.17, 15) is 4.79 Å². The van der Waals surface area contributed by atoms with E-state index >= 15 is 0 Å². The van der Waals surface area contributed by atoms with Gasteiger partial charge in [0.1, 0.15) is 11.6 Å². The van der Waals surface area contributed by atoms with Crippen LogP contribution in [0.25, 0.3) is 0 Å². The summed E-state index contributed by atoms with van der Waals surface area (Å²) in [4.78, 5) is 19.0. The van der Waals surface area contributed by atoms with Crippen molar-refractivity contribution >= 4 is 12.1 Å². The van der Waals surface area contributed by atoms with Crippen LogP contribution in [-0.4, -0.2) is 22.3 Å². The molecule has 0 radical (unpaired) electrons. The molecule has 15 heavy (non-hydrogen) atoms. The van der Waals surface area contributed by atoms with Gasteiger partial charge in [0.15, 0.2) is 6.29 Å². The van der Waals surface area contributed by atoms with E-state index in [-0.39, 0.29) is 0 Å². The second kappa shape index (κ2) is 4.38. The van der Waals surface area contributed by atoms with Crippen LogP contribution < -0.4 is 5.32 Å². The fourth-order valence-corrected chi connectivity index (χ4v) is 1.94. The van der Waals surface area contributed by atoms with E-state index < -0.39 is 0 Å². The number of hydrogen-bond donors (Lipinski definition) is 1. The van der Waals surface area contributed by atoms with Gasteiger partial charge in [-0.25, -0.2) is 9.97 Å². The fourth-order valence-electron chi connectivity index (χ4n) is 1.94. The van der Waals surface area contributed by atoms with Crippen molar-refractivity contribution in [3.63, 3.8) is 0 Å². The summed E-state index contributed by atoms with van der Waals surface area (Å²) in [6, 6.07) is 0.470. The zero-order chi connectivity index (χ0) is 10.7. The summed E-state index contributed by atoms with van der Waals surface area (Å²) in [6.45, 7) is 1.83. The fraction of sp³-hybridized carbons (Fsp3) is 0.545. The normalized spacial score (nSPS) is 16.6. The lowest BCUT2D eigenvalue weighted by molar-refractivity contribution is 0.112. The number of hydrogen-bond acceptors (Lipinski definition) is 4. The predicted octanol–water partition coefficient (Wildman–Crippen LogP) is 1.95. The van der Waals surface area contributed by atoms with Crippen molar-refractivity contribution in [2.24, 2.45) is 0 Å². The number of anilines is 1. The molecule has 0 atom stereocenters. The van der Waals surface area contributed by atoms with E-state index in [0.29, 0.717) is 23.2 Å². The van der Waals surface area contributed by atoms with Crippen LogP contribution in [0.1, 0.15) is 41.9 Å². The summed E-state index contributed by atoms with van der Waals surface area (Å²) in [5.41, 5.74) is 0.549. The molecule has 1 aliphatic rings. The van der Waals surface area contributed by atoms with E-state index in [2.05, 4.69) is 15.3 Å². The van der Waals surface area contributed by atoms with Crippen LogP contribution in [0.2, 0.25) is 0 Å². The number of rotatable bonds is 3. The molecule has 80 valence electrons. The molecule has 4 heteroatoms. The molecule has 1 aromatic rings. The molecule has 1 N–H and O–H groups in total. The molecule has 1 fully saturated rings. The number of aryl methyl sites for hydroxylation is 1. The standard InChI is InChI=1S/C11H15N3O/c1-8-12-6-9(7-15)11(13-8)14-10-4-2-3-5-10/h6-7,10H,2-5H2,1H3,(H,12,13,14). The van der Waals surface area contributed by atoms with Gasteiger partial charge in [0, 0.05) is 12.2 Å². The number of carbonyl (C=O) groups excluding carboxylic acids is 1. The van der Waals surface area contributed by atoms with Gasteiger partial charge in [-0.2, -0.15) is 0 Å². The Hall–Kier alpha value is -1.45. The van der Waals surface area contributed by atoms with Gasteiger partial charge in [-0.1, -0.05) is 12.8 Å². The quantitative estimate of drug-likeness (QED) is 0.766. The van der Waals surface area contributed by atoms with E-state index in [1.807, 2.05) is 6.92 Å². The molecule has 0 saturated heterocycles. The second-order valence-corrected chi connectivity index (χ2v) is 3.96. The van der Waals surface area contributed by atoms with Crippen LogP contribution in [0, 0.1) is 6.92 Å². The predicted molar refractivity (Wildman–Crippen MR) is 58.0 cm³/mol.